The third-order valence-corrected chi connectivity index (χ3v) is 3.70. The van der Waals surface area contributed by atoms with Crippen molar-refractivity contribution >= 4 is 16.6 Å². The van der Waals surface area contributed by atoms with Gasteiger partial charge < -0.3 is 15.2 Å². The number of nitrogens with two attached hydrogens (primary N) is 1. The summed E-state index contributed by atoms with van der Waals surface area (Å²) >= 11 is 0. The van der Waals surface area contributed by atoms with Gasteiger partial charge in [-0.15, -0.1) is 0 Å². The van der Waals surface area contributed by atoms with Crippen LogP contribution in [0, 0.1) is 0 Å². The predicted molar refractivity (Wildman–Crippen MR) is 100 cm³/mol. The van der Waals surface area contributed by atoms with Crippen molar-refractivity contribution in [1.82, 2.24) is 10.3 Å². The lowest BCUT2D eigenvalue weighted by Crippen LogP contribution is -2.37. The second-order valence-corrected chi connectivity index (χ2v) is 5.77. The van der Waals surface area contributed by atoms with E-state index in [2.05, 4.69) is 29.4 Å². The van der Waals surface area contributed by atoms with Crippen molar-refractivity contribution in [3.63, 3.8) is 0 Å². The Bertz CT molecular complexity index is 805. The second kappa shape index (κ2) is 8.46. The number of nitrogen functional groups attached to an aromatic ring is 1. The summed E-state index contributed by atoms with van der Waals surface area (Å²) in [6, 6.07) is 19.4. The summed E-state index contributed by atoms with van der Waals surface area (Å²) < 4.78 is 11.6. The molecule has 0 fully saturated rings. The lowest BCUT2D eigenvalue weighted by molar-refractivity contribution is -0.103. The highest BCUT2D eigenvalue weighted by atomic mass is 16.7. The Kier molecular flexibility index (Phi) is 5.82. The van der Waals surface area contributed by atoms with Crippen LogP contribution in [0.25, 0.3) is 10.9 Å². The molecule has 0 saturated heterocycles. The quantitative estimate of drug-likeness (QED) is 0.484. The molecule has 0 saturated carbocycles. The number of benzene rings is 2. The minimum atomic E-state index is -0.545. The van der Waals surface area contributed by atoms with Gasteiger partial charge in [0.15, 0.2) is 0 Å². The van der Waals surface area contributed by atoms with E-state index in [1.807, 2.05) is 36.4 Å². The van der Waals surface area contributed by atoms with Gasteiger partial charge in [-0.1, -0.05) is 31.2 Å². The molecule has 0 amide bonds. The average Bonchev–Trinajstić information content (AvgIpc) is 2.65. The SMILES string of the molecule is CCCOC(NCc1ccc2ccccc2n1)Oc1ccc(N)cc1. The first-order chi connectivity index (χ1) is 12.2. The number of nitrogens with one attached hydrogen (secondary N) is 1. The molecule has 3 aromatic rings. The van der Waals surface area contributed by atoms with Crippen LogP contribution < -0.4 is 15.8 Å². The molecule has 0 aliphatic carbocycles. The number of fused-ring (bicyclic) bond motifs is 1. The smallest absolute Gasteiger partial charge is 0.259 e. The van der Waals surface area contributed by atoms with Crippen molar-refractivity contribution in [2.45, 2.75) is 26.3 Å². The zero-order chi connectivity index (χ0) is 17.5. The zero-order valence-electron chi connectivity index (χ0n) is 14.3. The molecule has 3 rings (SSSR count). The number of pyridine rings is 1. The van der Waals surface area contributed by atoms with Crippen LogP contribution in [0.3, 0.4) is 0 Å². The molecule has 5 nitrogen and oxygen atoms in total. The van der Waals surface area contributed by atoms with Gasteiger partial charge >= 0.3 is 0 Å². The van der Waals surface area contributed by atoms with Crippen LogP contribution in [0.4, 0.5) is 5.69 Å². The van der Waals surface area contributed by atoms with Crippen molar-refractivity contribution in [3.05, 3.63) is 66.4 Å². The summed E-state index contributed by atoms with van der Waals surface area (Å²) in [7, 11) is 0. The molecule has 2 aromatic carbocycles. The van der Waals surface area contributed by atoms with E-state index in [1.54, 1.807) is 12.1 Å². The molecule has 1 aromatic heterocycles. The molecule has 0 radical (unpaired) electrons. The fourth-order valence-corrected chi connectivity index (χ4v) is 2.42. The second-order valence-electron chi connectivity index (χ2n) is 5.77. The summed E-state index contributed by atoms with van der Waals surface area (Å²) in [5.41, 5.74) is 8.32. The van der Waals surface area contributed by atoms with Crippen molar-refractivity contribution in [2.75, 3.05) is 12.3 Å². The Morgan fingerprint density at radius 3 is 2.64 bits per heavy atom. The molecular weight excluding hydrogens is 314 g/mol. The van der Waals surface area contributed by atoms with Crippen LogP contribution in [0.2, 0.25) is 0 Å². The van der Waals surface area contributed by atoms with Gasteiger partial charge in [-0.3, -0.25) is 10.3 Å². The van der Waals surface area contributed by atoms with Crippen LogP contribution in [0.5, 0.6) is 5.75 Å². The summed E-state index contributed by atoms with van der Waals surface area (Å²) in [6.45, 7) is 3.22. The maximum absolute atomic E-state index is 5.86. The highest BCUT2D eigenvalue weighted by Gasteiger charge is 2.11. The number of nitrogens with zero attached hydrogens (tertiary/aromatic N) is 1. The first kappa shape index (κ1) is 17.2. The molecular formula is C20H23N3O2. The van der Waals surface area contributed by atoms with E-state index in [9.17, 15) is 0 Å². The van der Waals surface area contributed by atoms with Gasteiger partial charge in [0.1, 0.15) is 5.75 Å². The molecule has 130 valence electrons. The van der Waals surface area contributed by atoms with Crippen LogP contribution in [-0.4, -0.2) is 18.0 Å². The van der Waals surface area contributed by atoms with E-state index in [0.717, 1.165) is 23.0 Å². The first-order valence-corrected chi connectivity index (χ1v) is 8.46. The third-order valence-electron chi connectivity index (χ3n) is 3.70. The molecule has 0 bridgehead atoms. The molecule has 1 atom stereocenters. The fourth-order valence-electron chi connectivity index (χ4n) is 2.42. The maximum atomic E-state index is 5.86. The van der Waals surface area contributed by atoms with E-state index in [1.165, 1.54) is 0 Å². The van der Waals surface area contributed by atoms with E-state index in [0.29, 0.717) is 24.6 Å². The number of aromatic nitrogens is 1. The number of rotatable bonds is 8. The minimum absolute atomic E-state index is 0.545. The predicted octanol–water partition coefficient (Wildman–Crippen LogP) is 3.70. The van der Waals surface area contributed by atoms with E-state index < -0.39 is 6.41 Å². The Balaban J connectivity index is 1.65. The molecule has 0 aliphatic rings. The van der Waals surface area contributed by atoms with Crippen molar-refractivity contribution < 1.29 is 9.47 Å². The van der Waals surface area contributed by atoms with E-state index in [-0.39, 0.29) is 0 Å². The average molecular weight is 337 g/mol. The lowest BCUT2D eigenvalue weighted by atomic mass is 10.2. The molecule has 0 spiro atoms. The highest BCUT2D eigenvalue weighted by molar-refractivity contribution is 5.78. The topological polar surface area (TPSA) is 69.4 Å². The standard InChI is InChI=1S/C20H23N3O2/c1-2-13-24-20(25-18-11-8-16(21)9-12-18)22-14-17-10-7-15-5-3-4-6-19(15)23-17/h3-12,20,22H,2,13-14,21H2,1H3. The number of anilines is 1. The molecule has 0 aliphatic heterocycles. The van der Waals surface area contributed by atoms with E-state index in [4.69, 9.17) is 15.2 Å². The monoisotopic (exact) mass is 337 g/mol. The molecule has 1 unspecified atom stereocenters. The zero-order valence-corrected chi connectivity index (χ0v) is 14.3. The molecule has 5 heteroatoms. The fraction of sp³-hybridized carbons (Fsp3) is 0.250. The Morgan fingerprint density at radius 2 is 1.84 bits per heavy atom. The largest absolute Gasteiger partial charge is 0.451 e. The van der Waals surface area contributed by atoms with Gasteiger partial charge in [0.25, 0.3) is 6.41 Å². The van der Waals surface area contributed by atoms with Crippen LogP contribution in [0.1, 0.15) is 19.0 Å². The number of para-hydroxylation sites is 1. The number of ether oxygens (including phenoxy) is 2. The summed E-state index contributed by atoms with van der Waals surface area (Å²) in [5.74, 6) is 0.703. The summed E-state index contributed by atoms with van der Waals surface area (Å²) in [4.78, 5) is 4.66. The number of hydrogen-bond acceptors (Lipinski definition) is 5. The van der Waals surface area contributed by atoms with Gasteiger partial charge in [0.2, 0.25) is 0 Å². The van der Waals surface area contributed by atoms with Gasteiger partial charge in [-0.05, 0) is 42.8 Å². The van der Waals surface area contributed by atoms with Crippen molar-refractivity contribution in [2.24, 2.45) is 0 Å². The van der Waals surface area contributed by atoms with Crippen LogP contribution >= 0.6 is 0 Å². The Morgan fingerprint density at radius 1 is 1.04 bits per heavy atom. The third kappa shape index (κ3) is 4.92. The van der Waals surface area contributed by atoms with Crippen molar-refractivity contribution in [3.8, 4) is 5.75 Å². The molecule has 1 heterocycles. The normalized spacial score (nSPS) is 12.2. The summed E-state index contributed by atoms with van der Waals surface area (Å²) in [6.07, 6.45) is 0.370. The van der Waals surface area contributed by atoms with Gasteiger partial charge in [0.05, 0.1) is 17.8 Å². The first-order valence-electron chi connectivity index (χ1n) is 8.46. The van der Waals surface area contributed by atoms with Gasteiger partial charge in [-0.2, -0.15) is 0 Å². The van der Waals surface area contributed by atoms with Gasteiger partial charge in [-0.25, -0.2) is 0 Å². The Labute approximate surface area is 147 Å². The molecule has 25 heavy (non-hydrogen) atoms. The minimum Gasteiger partial charge on any atom is -0.451 e. The maximum Gasteiger partial charge on any atom is 0.259 e. The lowest BCUT2D eigenvalue weighted by Gasteiger charge is -2.20. The van der Waals surface area contributed by atoms with Crippen LogP contribution in [0.15, 0.2) is 60.7 Å². The van der Waals surface area contributed by atoms with Crippen LogP contribution in [-0.2, 0) is 11.3 Å². The molecule has 3 N–H and O–H groups in total. The summed E-state index contributed by atoms with van der Waals surface area (Å²) in [5, 5.41) is 4.39. The van der Waals surface area contributed by atoms with E-state index >= 15 is 0 Å². The number of hydrogen-bond donors (Lipinski definition) is 2. The highest BCUT2D eigenvalue weighted by Crippen LogP contribution is 2.15. The van der Waals surface area contributed by atoms with Crippen molar-refractivity contribution in [1.29, 1.82) is 0 Å². The van der Waals surface area contributed by atoms with Gasteiger partial charge in [0, 0.05) is 17.6 Å². The Hall–Kier alpha value is -2.63.